The van der Waals surface area contributed by atoms with Crippen LogP contribution in [0, 0.1) is 46.3 Å². The minimum absolute atomic E-state index is 0.405. The highest BCUT2D eigenvalue weighted by atomic mass is 16.5. The summed E-state index contributed by atoms with van der Waals surface area (Å²) in [6.45, 7) is 15.8. The molecule has 0 amide bonds. The predicted octanol–water partition coefficient (Wildman–Crippen LogP) is 8.09. The van der Waals surface area contributed by atoms with Crippen molar-refractivity contribution >= 4 is 0 Å². The second kappa shape index (κ2) is 17.6. The van der Waals surface area contributed by atoms with E-state index in [4.69, 9.17) is 20.9 Å². The van der Waals surface area contributed by atoms with Crippen molar-refractivity contribution in [3.63, 3.8) is 0 Å². The van der Waals surface area contributed by atoms with Gasteiger partial charge < -0.3 is 26.3 Å². The van der Waals surface area contributed by atoms with Crippen molar-refractivity contribution in [2.75, 3.05) is 39.4 Å². The van der Waals surface area contributed by atoms with Crippen molar-refractivity contribution in [2.45, 2.75) is 155 Å². The number of hydrogen-bond acceptors (Lipinski definition) is 5. The van der Waals surface area contributed by atoms with E-state index in [1.54, 1.807) is 0 Å². The van der Waals surface area contributed by atoms with Crippen LogP contribution in [0.4, 0.5) is 0 Å². The first kappa shape index (κ1) is 35.7. The first-order valence-electron chi connectivity index (χ1n) is 19.2. The molecule has 3 unspecified atom stereocenters. The molecule has 0 bridgehead atoms. The average Bonchev–Trinajstić information content (AvgIpc) is 3.36. The first-order valence-corrected chi connectivity index (χ1v) is 19.2. The molecule has 0 saturated heterocycles. The lowest BCUT2D eigenvalue weighted by Gasteiger charge is -2.63. The van der Waals surface area contributed by atoms with Gasteiger partial charge in [0, 0.05) is 13.2 Å². The molecule has 4 saturated carbocycles. The lowest BCUT2D eigenvalue weighted by molar-refractivity contribution is -0.191. The van der Waals surface area contributed by atoms with Crippen LogP contribution in [-0.4, -0.2) is 51.6 Å². The lowest BCUT2D eigenvalue weighted by atomic mass is 9.43. The minimum Gasteiger partial charge on any atom is -0.378 e. The highest BCUT2D eigenvalue weighted by Crippen LogP contribution is 2.68. The Morgan fingerprint density at radius 1 is 0.744 bits per heavy atom. The van der Waals surface area contributed by atoms with Crippen molar-refractivity contribution in [1.29, 1.82) is 0 Å². The van der Waals surface area contributed by atoms with E-state index in [0.29, 0.717) is 23.0 Å². The molecule has 0 aliphatic heterocycles. The number of fused-ring (bicyclic) bond motifs is 5. The van der Waals surface area contributed by atoms with E-state index < -0.39 is 0 Å². The summed E-state index contributed by atoms with van der Waals surface area (Å²) in [5, 5.41) is 3.76. The van der Waals surface area contributed by atoms with Gasteiger partial charge in [-0.1, -0.05) is 59.8 Å². The van der Waals surface area contributed by atoms with Gasteiger partial charge in [-0.3, -0.25) is 0 Å². The van der Waals surface area contributed by atoms with Gasteiger partial charge in [-0.2, -0.15) is 0 Å². The standard InChI is InChI=1S/C38H73N3O2/c1-5-6-7-8-9-10-23-41-24-11-14-29(2)32-15-16-33-36-34(18-20-38(32,33)4)37(3)19-17-31(42-25-12-21-39)27-30(37)28-35(36)43-26-13-22-40/h29-36,41H,5-28,39-40H2,1-4H3/t29?,30?,31-,32?,33+,34+,35-,36+,37+,38-/m1/s1. The summed E-state index contributed by atoms with van der Waals surface area (Å²) in [7, 11) is 0. The summed E-state index contributed by atoms with van der Waals surface area (Å²) in [5.41, 5.74) is 12.6. The molecule has 5 heteroatoms. The molecule has 0 aromatic carbocycles. The summed E-state index contributed by atoms with van der Waals surface area (Å²) in [5.74, 6) is 4.77. The maximum Gasteiger partial charge on any atom is 0.0611 e. The Morgan fingerprint density at radius 2 is 1.42 bits per heavy atom. The second-order valence-electron chi connectivity index (χ2n) is 16.1. The van der Waals surface area contributed by atoms with Gasteiger partial charge in [0.25, 0.3) is 0 Å². The minimum atomic E-state index is 0.405. The van der Waals surface area contributed by atoms with Crippen LogP contribution in [0.5, 0.6) is 0 Å². The van der Waals surface area contributed by atoms with E-state index >= 15 is 0 Å². The van der Waals surface area contributed by atoms with E-state index in [-0.39, 0.29) is 0 Å². The van der Waals surface area contributed by atoms with Crippen LogP contribution in [-0.2, 0) is 9.47 Å². The molecule has 0 aromatic heterocycles. The van der Waals surface area contributed by atoms with Crippen molar-refractivity contribution < 1.29 is 9.47 Å². The Balaban J connectivity index is 1.34. The Bertz CT molecular complexity index is 780. The largest absolute Gasteiger partial charge is 0.378 e. The zero-order chi connectivity index (χ0) is 30.7. The maximum atomic E-state index is 6.86. The molecule has 4 aliphatic carbocycles. The quantitative estimate of drug-likeness (QED) is 0.123. The van der Waals surface area contributed by atoms with Gasteiger partial charge in [-0.15, -0.1) is 0 Å². The average molecular weight is 604 g/mol. The fourth-order valence-electron chi connectivity index (χ4n) is 11.0. The van der Waals surface area contributed by atoms with Crippen LogP contribution in [0.15, 0.2) is 0 Å². The van der Waals surface area contributed by atoms with Gasteiger partial charge in [0.2, 0.25) is 0 Å². The molecule has 10 atom stereocenters. The highest BCUT2D eigenvalue weighted by molar-refractivity contribution is 5.12. The molecule has 0 spiro atoms. The number of ether oxygens (including phenoxy) is 2. The third-order valence-electron chi connectivity index (χ3n) is 13.5. The van der Waals surface area contributed by atoms with E-state index in [1.165, 1.54) is 116 Å². The lowest BCUT2D eigenvalue weighted by Crippen LogP contribution is -2.59. The fraction of sp³-hybridized carbons (Fsp3) is 1.00. The van der Waals surface area contributed by atoms with Crippen LogP contribution in [0.25, 0.3) is 0 Å². The van der Waals surface area contributed by atoms with Crippen LogP contribution in [0.1, 0.15) is 143 Å². The number of nitrogens with two attached hydrogens (primary N) is 2. The van der Waals surface area contributed by atoms with E-state index in [0.717, 1.165) is 74.7 Å². The molecule has 252 valence electrons. The summed E-state index contributed by atoms with van der Waals surface area (Å²) in [4.78, 5) is 0. The molecule has 0 heterocycles. The smallest absolute Gasteiger partial charge is 0.0611 e. The number of hydrogen-bond donors (Lipinski definition) is 3. The summed E-state index contributed by atoms with van der Waals surface area (Å²) >= 11 is 0. The molecule has 5 N–H and O–H groups in total. The zero-order valence-corrected chi connectivity index (χ0v) is 29.1. The Kier molecular flexibility index (Phi) is 14.6. The molecule has 4 fully saturated rings. The van der Waals surface area contributed by atoms with E-state index in [1.807, 2.05) is 0 Å². The van der Waals surface area contributed by atoms with Gasteiger partial charge in [0.05, 0.1) is 12.2 Å². The fourth-order valence-corrected chi connectivity index (χ4v) is 11.0. The molecular weight excluding hydrogens is 530 g/mol. The maximum absolute atomic E-state index is 6.86. The number of rotatable bonds is 20. The molecule has 4 aliphatic rings. The highest BCUT2D eigenvalue weighted by Gasteiger charge is 2.63. The van der Waals surface area contributed by atoms with Gasteiger partial charge in [-0.05, 0) is 156 Å². The monoisotopic (exact) mass is 604 g/mol. The van der Waals surface area contributed by atoms with E-state index in [2.05, 4.69) is 33.0 Å². The van der Waals surface area contributed by atoms with Gasteiger partial charge in [0.15, 0.2) is 0 Å². The van der Waals surface area contributed by atoms with Gasteiger partial charge in [-0.25, -0.2) is 0 Å². The summed E-state index contributed by atoms with van der Waals surface area (Å²) in [6, 6.07) is 0. The van der Waals surface area contributed by atoms with Crippen molar-refractivity contribution in [1.82, 2.24) is 5.32 Å². The Labute approximate surface area is 267 Å². The third-order valence-corrected chi connectivity index (χ3v) is 13.5. The summed E-state index contributed by atoms with van der Waals surface area (Å²) < 4.78 is 13.2. The number of nitrogens with one attached hydrogen (secondary N) is 1. The van der Waals surface area contributed by atoms with Crippen molar-refractivity contribution in [3.8, 4) is 0 Å². The first-order chi connectivity index (χ1) is 20.9. The molecule has 0 aromatic rings. The van der Waals surface area contributed by atoms with E-state index in [9.17, 15) is 0 Å². The summed E-state index contributed by atoms with van der Waals surface area (Å²) in [6.07, 6.45) is 24.5. The molecule has 0 radical (unpaired) electrons. The Morgan fingerprint density at radius 3 is 2.19 bits per heavy atom. The second-order valence-corrected chi connectivity index (χ2v) is 16.1. The molecular formula is C38H73N3O2. The SMILES string of the molecule is CCCCCCCCNCCCC(C)C1CC[C@H]2[C@@H]3[C@H](OCCCN)CC4C[C@H](OCCCN)CC[C@]4(C)[C@H]3CC[C@]12C. The third kappa shape index (κ3) is 8.79. The van der Waals surface area contributed by atoms with Crippen LogP contribution >= 0.6 is 0 Å². The molecule has 43 heavy (non-hydrogen) atoms. The normalized spacial score (nSPS) is 38.0. The van der Waals surface area contributed by atoms with Crippen molar-refractivity contribution in [2.24, 2.45) is 57.8 Å². The predicted molar refractivity (Wildman–Crippen MR) is 182 cm³/mol. The van der Waals surface area contributed by atoms with Crippen LogP contribution < -0.4 is 16.8 Å². The topological polar surface area (TPSA) is 82.5 Å². The van der Waals surface area contributed by atoms with Crippen LogP contribution in [0.3, 0.4) is 0 Å². The zero-order valence-electron chi connectivity index (χ0n) is 29.1. The number of unbranched alkanes of at least 4 members (excludes halogenated alkanes) is 5. The van der Waals surface area contributed by atoms with Gasteiger partial charge >= 0.3 is 0 Å². The van der Waals surface area contributed by atoms with Crippen LogP contribution in [0.2, 0.25) is 0 Å². The van der Waals surface area contributed by atoms with Gasteiger partial charge in [0.1, 0.15) is 0 Å². The van der Waals surface area contributed by atoms with Crippen molar-refractivity contribution in [3.05, 3.63) is 0 Å². The molecule has 4 rings (SSSR count). The molecule has 5 nitrogen and oxygen atoms in total. The Hall–Kier alpha value is -0.200.